The van der Waals surface area contributed by atoms with E-state index in [9.17, 15) is 0 Å². The van der Waals surface area contributed by atoms with Crippen LogP contribution in [0.2, 0.25) is 6.04 Å². The number of rotatable bonds is 1. The molecule has 0 rings (SSSR count). The second-order valence-corrected chi connectivity index (χ2v) is 2.45. The Morgan fingerprint density at radius 3 is 2.00 bits per heavy atom. The van der Waals surface area contributed by atoms with Crippen LogP contribution >= 0.6 is 0 Å². The van der Waals surface area contributed by atoms with Gasteiger partial charge in [0.2, 0.25) is 0 Å². The third-order valence-electron chi connectivity index (χ3n) is 0.408. The van der Waals surface area contributed by atoms with Crippen molar-refractivity contribution in [3.8, 4) is 0 Å². The van der Waals surface area contributed by atoms with Crippen molar-refractivity contribution in [3.63, 3.8) is 0 Å². The van der Waals surface area contributed by atoms with Gasteiger partial charge in [0, 0.05) is 20.5 Å². The molecule has 0 heterocycles. The average Bonchev–Trinajstić information content (AvgIpc) is 1.37. The van der Waals surface area contributed by atoms with Crippen LogP contribution in [-0.4, -0.2) is 20.5 Å². The molecule has 0 bridgehead atoms. The Bertz CT molecular complexity index is 6.00. The monoisotopic (exact) mass is 89.0 g/mol. The van der Waals surface area contributed by atoms with Gasteiger partial charge in [0.1, 0.15) is 0 Å². The maximum atomic E-state index is 2.33. The van der Waals surface area contributed by atoms with Crippen molar-refractivity contribution in [2.24, 2.45) is 0 Å². The molecule has 0 aliphatic heterocycles. The standard InChI is InChI=1S/C2H9Si2/c3-1-2-4/h1H,2H2,3-4H3. The van der Waals surface area contributed by atoms with Crippen LogP contribution in [-0.2, 0) is 0 Å². The Labute approximate surface area is 33.4 Å². The van der Waals surface area contributed by atoms with Gasteiger partial charge in [-0.25, -0.2) is 0 Å². The van der Waals surface area contributed by atoms with Crippen molar-refractivity contribution in [1.82, 2.24) is 0 Å². The quantitative estimate of drug-likeness (QED) is 0.336. The minimum atomic E-state index is 1.30. The van der Waals surface area contributed by atoms with Crippen LogP contribution in [0.5, 0.6) is 0 Å². The minimum Gasteiger partial charge on any atom is -0.0662 e. The molecular formula is C2H9Si2. The lowest BCUT2D eigenvalue weighted by Crippen LogP contribution is -1.64. The highest BCUT2D eigenvalue weighted by Crippen LogP contribution is 1.65. The third-order valence-corrected chi connectivity index (χ3v) is 3.67. The molecule has 0 saturated heterocycles. The molecule has 0 nitrogen and oxygen atoms in total. The average molecular weight is 89.3 g/mol. The summed E-state index contributed by atoms with van der Waals surface area (Å²) < 4.78 is 0. The van der Waals surface area contributed by atoms with Gasteiger partial charge in [0.25, 0.3) is 0 Å². The fourth-order valence-electron chi connectivity index (χ4n) is 0. The Kier molecular flexibility index (Phi) is 3.81. The van der Waals surface area contributed by atoms with Crippen LogP contribution < -0.4 is 0 Å². The van der Waals surface area contributed by atoms with Gasteiger partial charge in [0.05, 0.1) is 0 Å². The minimum absolute atomic E-state index is 1.30. The first-order valence-corrected chi connectivity index (χ1v) is 4.26. The molecule has 1 radical (unpaired) electrons. The second-order valence-electron chi connectivity index (χ2n) is 0.816. The second kappa shape index (κ2) is 3.43. The molecule has 0 spiro atoms. The summed E-state index contributed by atoms with van der Waals surface area (Å²) in [6.07, 6.45) is 0. The molecule has 0 atom stereocenters. The summed E-state index contributed by atoms with van der Waals surface area (Å²) >= 11 is 0. The fraction of sp³-hybridized carbons (Fsp3) is 0.500. The normalized spacial score (nSPS) is 9.00. The molecule has 4 heavy (non-hydrogen) atoms. The van der Waals surface area contributed by atoms with Gasteiger partial charge in [-0.1, -0.05) is 12.1 Å². The van der Waals surface area contributed by atoms with Crippen LogP contribution in [0.3, 0.4) is 0 Å². The fourth-order valence-corrected chi connectivity index (χ4v) is 0. The van der Waals surface area contributed by atoms with E-state index in [0.29, 0.717) is 0 Å². The van der Waals surface area contributed by atoms with Crippen LogP contribution in [0.25, 0.3) is 0 Å². The van der Waals surface area contributed by atoms with Gasteiger partial charge in [-0.3, -0.25) is 0 Å². The highest BCUT2D eigenvalue weighted by Gasteiger charge is 1.58. The van der Waals surface area contributed by atoms with Crippen molar-refractivity contribution in [2.45, 2.75) is 6.04 Å². The van der Waals surface area contributed by atoms with Gasteiger partial charge < -0.3 is 0 Å². The van der Waals surface area contributed by atoms with Gasteiger partial charge in [0.15, 0.2) is 0 Å². The molecule has 0 N–H and O–H groups in total. The Hall–Kier alpha value is 0.434. The van der Waals surface area contributed by atoms with Crippen LogP contribution in [0.15, 0.2) is 0 Å². The maximum absolute atomic E-state index is 2.33. The van der Waals surface area contributed by atoms with E-state index in [4.69, 9.17) is 0 Å². The van der Waals surface area contributed by atoms with Crippen molar-refractivity contribution in [1.29, 1.82) is 0 Å². The third kappa shape index (κ3) is 2.43. The first-order chi connectivity index (χ1) is 1.91. The predicted octanol–water partition coefficient (Wildman–Crippen LogP) is -1.70. The Morgan fingerprint density at radius 1 is 1.75 bits per heavy atom. The van der Waals surface area contributed by atoms with Gasteiger partial charge in [-0.15, -0.1) is 0 Å². The molecule has 0 amide bonds. The summed E-state index contributed by atoms with van der Waals surface area (Å²) in [5.41, 5.74) is 0. The summed E-state index contributed by atoms with van der Waals surface area (Å²) in [6.45, 7) is 0. The van der Waals surface area contributed by atoms with E-state index in [1.54, 1.807) is 0 Å². The van der Waals surface area contributed by atoms with Crippen LogP contribution in [0.1, 0.15) is 0 Å². The van der Waals surface area contributed by atoms with Crippen molar-refractivity contribution < 1.29 is 0 Å². The zero-order valence-electron chi connectivity index (χ0n) is 3.28. The SMILES string of the molecule is [SiH3][CH]C[SiH3]. The molecule has 0 aromatic rings. The molecule has 2 heteroatoms. The zero-order chi connectivity index (χ0) is 3.41. The van der Waals surface area contributed by atoms with E-state index >= 15 is 0 Å². The molecule has 0 unspecified atom stereocenters. The van der Waals surface area contributed by atoms with Gasteiger partial charge in [-0.05, 0) is 0 Å². The van der Waals surface area contributed by atoms with Crippen molar-refractivity contribution in [2.75, 3.05) is 0 Å². The molecule has 0 fully saturated rings. The van der Waals surface area contributed by atoms with Gasteiger partial charge in [-0.2, -0.15) is 0 Å². The van der Waals surface area contributed by atoms with E-state index in [-0.39, 0.29) is 0 Å². The first kappa shape index (κ1) is 4.43. The Morgan fingerprint density at radius 2 is 2.00 bits per heavy atom. The van der Waals surface area contributed by atoms with Crippen molar-refractivity contribution >= 4 is 20.5 Å². The summed E-state index contributed by atoms with van der Waals surface area (Å²) in [5.74, 6) is 0. The molecular weight excluding hydrogens is 80.2 g/mol. The highest BCUT2D eigenvalue weighted by molar-refractivity contribution is 6.21. The predicted molar refractivity (Wildman–Crippen MR) is 29.0 cm³/mol. The first-order valence-electron chi connectivity index (χ1n) is 1.69. The van der Waals surface area contributed by atoms with E-state index in [1.807, 2.05) is 0 Å². The van der Waals surface area contributed by atoms with E-state index in [0.717, 1.165) is 0 Å². The number of hydrogen-bond acceptors (Lipinski definition) is 0. The van der Waals surface area contributed by atoms with Crippen molar-refractivity contribution in [3.05, 3.63) is 6.04 Å². The lowest BCUT2D eigenvalue weighted by Gasteiger charge is -1.66. The number of hydrogen-bond donors (Lipinski definition) is 0. The van der Waals surface area contributed by atoms with E-state index in [1.165, 1.54) is 26.5 Å². The summed E-state index contributed by atoms with van der Waals surface area (Å²) in [7, 11) is 2.67. The van der Waals surface area contributed by atoms with Crippen LogP contribution in [0, 0.1) is 6.04 Å². The lowest BCUT2D eigenvalue weighted by molar-refractivity contribution is 1.69. The maximum Gasteiger partial charge on any atom is 0.00626 e. The molecule has 0 aliphatic rings. The van der Waals surface area contributed by atoms with Crippen LogP contribution in [0.4, 0.5) is 0 Å². The topological polar surface area (TPSA) is 0 Å². The highest BCUT2D eigenvalue weighted by atomic mass is 28.2. The van der Waals surface area contributed by atoms with E-state index in [2.05, 4.69) is 6.04 Å². The molecule has 25 valence electrons. The zero-order valence-corrected chi connectivity index (χ0v) is 7.28. The largest absolute Gasteiger partial charge is 0.0662 e. The molecule has 0 saturated carbocycles. The molecule has 0 aromatic heterocycles. The Balaban J connectivity index is 1.97. The summed E-state index contributed by atoms with van der Waals surface area (Å²) in [4.78, 5) is 0. The lowest BCUT2D eigenvalue weighted by atomic mass is 11.0. The molecule has 0 aromatic carbocycles. The summed E-state index contributed by atoms with van der Waals surface area (Å²) in [6, 6.07) is 3.72. The van der Waals surface area contributed by atoms with E-state index < -0.39 is 0 Å². The smallest absolute Gasteiger partial charge is 0.00626 e. The molecule has 0 aliphatic carbocycles. The summed E-state index contributed by atoms with van der Waals surface area (Å²) in [5, 5.41) is 0. The van der Waals surface area contributed by atoms with Gasteiger partial charge >= 0.3 is 0 Å².